The molecule has 0 saturated carbocycles. The fourth-order valence-electron chi connectivity index (χ4n) is 5.87. The van der Waals surface area contributed by atoms with Gasteiger partial charge in [-0.15, -0.1) is 0 Å². The maximum atomic E-state index is 12.3. The number of likely N-dealkylation sites (N-methyl/N-ethyl adjacent to an activating group) is 1. The molecule has 1 aliphatic carbocycles. The van der Waals surface area contributed by atoms with Crippen LogP contribution in [0.5, 0.6) is 5.75 Å². The van der Waals surface area contributed by atoms with Gasteiger partial charge >= 0.3 is 0 Å². The van der Waals surface area contributed by atoms with E-state index < -0.39 is 5.72 Å². The number of aryl methyl sites for hydroxylation is 1. The van der Waals surface area contributed by atoms with E-state index in [0.29, 0.717) is 6.54 Å². The van der Waals surface area contributed by atoms with Gasteiger partial charge in [0.15, 0.2) is 0 Å². The molecule has 3 unspecified atom stereocenters. The Morgan fingerprint density at radius 1 is 1.27 bits per heavy atom. The van der Waals surface area contributed by atoms with Gasteiger partial charge in [0, 0.05) is 24.2 Å². The molecule has 3 atom stereocenters. The second kappa shape index (κ2) is 14.6. The molecule has 1 amide bonds. The summed E-state index contributed by atoms with van der Waals surface area (Å²) < 4.78 is 5.37. The number of allylic oxidation sites excluding steroid dienone is 3. The highest BCUT2D eigenvalue weighted by Gasteiger charge is 2.29. The molecule has 0 fully saturated rings. The van der Waals surface area contributed by atoms with E-state index >= 15 is 0 Å². The number of benzene rings is 2. The van der Waals surface area contributed by atoms with E-state index in [-0.39, 0.29) is 18.0 Å². The van der Waals surface area contributed by atoms with E-state index in [4.69, 9.17) is 10.5 Å². The molecule has 2 aromatic rings. The summed E-state index contributed by atoms with van der Waals surface area (Å²) in [6.07, 6.45) is 10.9. The lowest BCUT2D eigenvalue weighted by molar-refractivity contribution is -0.114. The Kier molecular flexibility index (Phi) is 11.5. The second-order valence-corrected chi connectivity index (χ2v) is 11.2. The molecule has 6 nitrogen and oxygen atoms in total. The van der Waals surface area contributed by atoms with Crippen LogP contribution in [0.3, 0.4) is 0 Å². The highest BCUT2D eigenvalue weighted by Crippen LogP contribution is 2.36. The summed E-state index contributed by atoms with van der Waals surface area (Å²) in [5, 5.41) is 14.5. The van der Waals surface area contributed by atoms with Gasteiger partial charge in [-0.25, -0.2) is 0 Å². The Labute approximate surface area is 247 Å². The minimum absolute atomic E-state index is 0.133. The molecular weight excluding hydrogens is 510 g/mol. The minimum Gasteiger partial charge on any atom is -0.496 e. The Morgan fingerprint density at radius 2 is 2.02 bits per heavy atom. The summed E-state index contributed by atoms with van der Waals surface area (Å²) in [4.78, 5) is 14.7. The molecule has 222 valence electrons. The lowest BCUT2D eigenvalue weighted by atomic mass is 9.82. The van der Waals surface area contributed by atoms with Gasteiger partial charge in [-0.3, -0.25) is 15.0 Å². The number of methoxy groups -OCH3 is 1. The van der Waals surface area contributed by atoms with Crippen molar-refractivity contribution in [2.24, 2.45) is 5.73 Å². The van der Waals surface area contributed by atoms with E-state index in [2.05, 4.69) is 80.5 Å². The number of nitrogens with two attached hydrogens (primary N) is 1. The molecule has 6 heteroatoms. The van der Waals surface area contributed by atoms with Gasteiger partial charge in [-0.2, -0.15) is 0 Å². The SMILES string of the molecule is CC=CCCC(C1=CCCC(C(N)=O)=C1CC)N(C)C(C)c1cccc(CNC(C)(O)c2ccc(OC)c(C)c2)c1. The maximum Gasteiger partial charge on any atom is 0.244 e. The predicted octanol–water partition coefficient (Wildman–Crippen LogP) is 6.59. The monoisotopic (exact) mass is 559 g/mol. The third kappa shape index (κ3) is 7.97. The molecule has 0 aliphatic heterocycles. The number of nitrogens with one attached hydrogen (secondary N) is 1. The number of rotatable bonds is 14. The van der Waals surface area contributed by atoms with Crippen molar-refractivity contribution in [2.45, 2.75) is 91.1 Å². The van der Waals surface area contributed by atoms with Gasteiger partial charge in [-0.1, -0.05) is 55.5 Å². The summed E-state index contributed by atoms with van der Waals surface area (Å²) in [7, 11) is 3.83. The lowest BCUT2D eigenvalue weighted by Crippen LogP contribution is -2.39. The van der Waals surface area contributed by atoms with Gasteiger partial charge in [0.25, 0.3) is 0 Å². The second-order valence-electron chi connectivity index (χ2n) is 11.2. The van der Waals surface area contributed by atoms with Crippen LogP contribution in [0.1, 0.15) is 88.1 Å². The van der Waals surface area contributed by atoms with Crippen molar-refractivity contribution in [3.63, 3.8) is 0 Å². The van der Waals surface area contributed by atoms with Crippen LogP contribution in [0, 0.1) is 6.92 Å². The number of primary amides is 1. The van der Waals surface area contributed by atoms with Crippen molar-refractivity contribution in [3.05, 3.63) is 99.7 Å². The molecular formula is C35H49N3O3. The molecule has 1 aliphatic rings. The average molecular weight is 560 g/mol. The van der Waals surface area contributed by atoms with Gasteiger partial charge in [0.1, 0.15) is 11.5 Å². The van der Waals surface area contributed by atoms with E-state index in [0.717, 1.165) is 65.7 Å². The minimum atomic E-state index is -1.19. The predicted molar refractivity (Wildman–Crippen MR) is 168 cm³/mol. The fraction of sp³-hybridized carbons (Fsp3) is 0.457. The van der Waals surface area contributed by atoms with Crippen molar-refractivity contribution >= 4 is 5.91 Å². The summed E-state index contributed by atoms with van der Waals surface area (Å²) in [6, 6.07) is 14.6. The summed E-state index contributed by atoms with van der Waals surface area (Å²) in [6.45, 7) is 10.7. The number of aliphatic hydroxyl groups is 1. The molecule has 0 heterocycles. The third-order valence-electron chi connectivity index (χ3n) is 8.45. The van der Waals surface area contributed by atoms with E-state index in [1.807, 2.05) is 25.1 Å². The molecule has 0 aromatic heterocycles. The van der Waals surface area contributed by atoms with Gasteiger partial charge in [-0.05, 0) is 112 Å². The van der Waals surface area contributed by atoms with Crippen molar-refractivity contribution in [1.29, 1.82) is 0 Å². The topological polar surface area (TPSA) is 87.8 Å². The number of nitrogens with zero attached hydrogens (tertiary/aromatic N) is 1. The van der Waals surface area contributed by atoms with Crippen LogP contribution in [0.25, 0.3) is 0 Å². The van der Waals surface area contributed by atoms with Crippen LogP contribution in [-0.2, 0) is 17.1 Å². The molecule has 3 rings (SSSR count). The number of carbonyl (C=O) groups is 1. The molecule has 0 saturated heterocycles. The van der Waals surface area contributed by atoms with Crippen LogP contribution in [0.15, 0.2) is 77.4 Å². The van der Waals surface area contributed by atoms with Crippen LogP contribution >= 0.6 is 0 Å². The smallest absolute Gasteiger partial charge is 0.244 e. The van der Waals surface area contributed by atoms with Crippen molar-refractivity contribution in [2.75, 3.05) is 14.2 Å². The van der Waals surface area contributed by atoms with Crippen LogP contribution in [0.4, 0.5) is 0 Å². The summed E-state index contributed by atoms with van der Waals surface area (Å²) >= 11 is 0. The number of amides is 1. The first-order valence-corrected chi connectivity index (χ1v) is 14.8. The molecule has 2 aromatic carbocycles. The first kappa shape index (κ1) is 32.3. The van der Waals surface area contributed by atoms with Crippen molar-refractivity contribution < 1.29 is 14.6 Å². The number of ether oxygens (including phenoxy) is 1. The first-order valence-electron chi connectivity index (χ1n) is 14.8. The molecule has 0 bridgehead atoms. The summed E-state index contributed by atoms with van der Waals surface area (Å²) in [5.41, 5.74) is 11.8. The maximum absolute atomic E-state index is 12.3. The zero-order chi connectivity index (χ0) is 30.2. The highest BCUT2D eigenvalue weighted by atomic mass is 16.5. The van der Waals surface area contributed by atoms with Crippen molar-refractivity contribution in [3.8, 4) is 5.75 Å². The van der Waals surface area contributed by atoms with E-state index in [9.17, 15) is 9.90 Å². The molecule has 0 radical (unpaired) electrons. The number of hydrogen-bond acceptors (Lipinski definition) is 5. The average Bonchev–Trinajstić information content (AvgIpc) is 2.97. The van der Waals surface area contributed by atoms with Crippen LogP contribution < -0.4 is 15.8 Å². The third-order valence-corrected chi connectivity index (χ3v) is 8.45. The Hall–Kier alpha value is -3.19. The van der Waals surface area contributed by atoms with Gasteiger partial charge < -0.3 is 15.6 Å². The standard InChI is InChI=1S/C35H49N3O3/c1-8-10-11-18-32(30-16-13-17-31(34(36)39)29(30)9-2)38(6)25(4)27-15-12-14-26(22-27)23-37-35(5,40)28-19-20-33(41-7)24(3)21-28/h8,10,12,14-16,19-22,25,32,37,40H,9,11,13,17-18,23H2,1-7H3,(H2,36,39). The number of hydrogen-bond donors (Lipinski definition) is 3. The van der Waals surface area contributed by atoms with Gasteiger partial charge in [0.05, 0.1) is 7.11 Å². The van der Waals surface area contributed by atoms with E-state index in [1.165, 1.54) is 11.1 Å². The highest BCUT2D eigenvalue weighted by molar-refractivity contribution is 5.94. The van der Waals surface area contributed by atoms with Crippen molar-refractivity contribution in [1.82, 2.24) is 10.2 Å². The molecule has 4 N–H and O–H groups in total. The quantitative estimate of drug-likeness (QED) is 0.180. The Balaban J connectivity index is 1.82. The molecule has 41 heavy (non-hydrogen) atoms. The first-order chi connectivity index (χ1) is 19.5. The van der Waals surface area contributed by atoms with Crippen LogP contribution in [-0.4, -0.2) is 36.1 Å². The Bertz CT molecular complexity index is 1290. The van der Waals surface area contributed by atoms with E-state index in [1.54, 1.807) is 14.0 Å². The van der Waals surface area contributed by atoms with Crippen LogP contribution in [0.2, 0.25) is 0 Å². The number of carbonyl (C=O) groups excluding carboxylic acids is 1. The fourth-order valence-corrected chi connectivity index (χ4v) is 5.87. The largest absolute Gasteiger partial charge is 0.496 e. The zero-order valence-electron chi connectivity index (χ0n) is 26.0. The summed E-state index contributed by atoms with van der Waals surface area (Å²) in [5.74, 6) is 0.506. The Morgan fingerprint density at radius 3 is 2.66 bits per heavy atom. The lowest BCUT2D eigenvalue weighted by Gasteiger charge is -2.37. The molecule has 0 spiro atoms. The zero-order valence-corrected chi connectivity index (χ0v) is 26.0. The normalized spacial score (nSPS) is 17.0. The van der Waals surface area contributed by atoms with Gasteiger partial charge in [0.2, 0.25) is 5.91 Å².